The van der Waals surface area contributed by atoms with Gasteiger partial charge in [-0.3, -0.25) is 4.79 Å². The van der Waals surface area contributed by atoms with Gasteiger partial charge < -0.3 is 11.1 Å². The molecule has 1 aromatic carbocycles. The second kappa shape index (κ2) is 4.93. The van der Waals surface area contributed by atoms with E-state index in [1.165, 1.54) is 6.07 Å². The molecule has 7 heteroatoms. The highest BCUT2D eigenvalue weighted by Gasteiger charge is 2.44. The van der Waals surface area contributed by atoms with Crippen LogP contribution >= 0.6 is 11.6 Å². The lowest BCUT2D eigenvalue weighted by atomic mass is 9.96. The number of hydrogen-bond acceptors (Lipinski definition) is 2. The van der Waals surface area contributed by atoms with Gasteiger partial charge in [0.25, 0.3) is 0 Å². The average Bonchev–Trinajstić information content (AvgIpc) is 3.10. The first kappa shape index (κ1) is 15.1. The third-order valence-corrected chi connectivity index (χ3v) is 3.62. The molecule has 0 bridgehead atoms. The molecule has 0 aliphatic heterocycles. The van der Waals surface area contributed by atoms with Crippen molar-refractivity contribution < 1.29 is 18.0 Å². The Labute approximate surface area is 119 Å². The lowest BCUT2D eigenvalue weighted by Crippen LogP contribution is -2.50. The largest absolute Gasteiger partial charge is 0.416 e. The van der Waals surface area contributed by atoms with E-state index in [1.807, 2.05) is 0 Å². The molecule has 1 aliphatic carbocycles. The normalized spacial score (nSPS) is 18.5. The van der Waals surface area contributed by atoms with Crippen molar-refractivity contribution in [2.45, 2.75) is 31.5 Å². The molecule has 2 rings (SSSR count). The van der Waals surface area contributed by atoms with Crippen LogP contribution in [0.2, 0.25) is 5.02 Å². The number of alkyl halides is 3. The van der Waals surface area contributed by atoms with Crippen LogP contribution in [0.15, 0.2) is 18.2 Å². The van der Waals surface area contributed by atoms with E-state index in [1.54, 1.807) is 6.92 Å². The standard InChI is InChI=1S/C13H14ClF3N2O/c1-12(18,7-2-3-7)11(20)19-10-5-8(13(15,16)17)4-9(14)6-10/h4-7H,2-3,18H2,1H3,(H,19,20). The second-order valence-electron chi connectivity index (χ2n) is 5.24. The Hall–Kier alpha value is -1.27. The fraction of sp³-hybridized carbons (Fsp3) is 0.462. The quantitative estimate of drug-likeness (QED) is 0.899. The molecule has 0 saturated heterocycles. The van der Waals surface area contributed by atoms with Crippen LogP contribution in [-0.4, -0.2) is 11.4 Å². The molecule has 0 radical (unpaired) electrons. The number of benzene rings is 1. The van der Waals surface area contributed by atoms with Gasteiger partial charge in [-0.2, -0.15) is 13.2 Å². The molecular formula is C13H14ClF3N2O. The predicted molar refractivity (Wildman–Crippen MR) is 70.4 cm³/mol. The average molecular weight is 307 g/mol. The van der Waals surface area contributed by atoms with Gasteiger partial charge >= 0.3 is 6.18 Å². The third kappa shape index (κ3) is 3.24. The van der Waals surface area contributed by atoms with Gasteiger partial charge in [0.05, 0.1) is 11.1 Å². The summed E-state index contributed by atoms with van der Waals surface area (Å²) < 4.78 is 38.0. The van der Waals surface area contributed by atoms with Crippen molar-refractivity contribution in [2.75, 3.05) is 5.32 Å². The zero-order chi connectivity index (χ0) is 15.1. The number of halogens is 4. The fourth-order valence-electron chi connectivity index (χ4n) is 1.96. The van der Waals surface area contributed by atoms with Gasteiger partial charge in [-0.05, 0) is 43.9 Å². The third-order valence-electron chi connectivity index (χ3n) is 3.40. The summed E-state index contributed by atoms with van der Waals surface area (Å²) in [6.45, 7) is 1.58. The molecule has 0 spiro atoms. The van der Waals surface area contributed by atoms with E-state index < -0.39 is 23.2 Å². The van der Waals surface area contributed by atoms with Gasteiger partial charge in [-0.25, -0.2) is 0 Å². The summed E-state index contributed by atoms with van der Waals surface area (Å²) in [6, 6.07) is 2.91. The van der Waals surface area contributed by atoms with Crippen molar-refractivity contribution in [3.8, 4) is 0 Å². The summed E-state index contributed by atoms with van der Waals surface area (Å²) in [7, 11) is 0. The Bertz CT molecular complexity index is 539. The molecule has 1 fully saturated rings. The summed E-state index contributed by atoms with van der Waals surface area (Å²) in [5.41, 5.74) is 3.91. The van der Waals surface area contributed by atoms with Crippen molar-refractivity contribution >= 4 is 23.2 Å². The van der Waals surface area contributed by atoms with Crippen molar-refractivity contribution in [3.05, 3.63) is 28.8 Å². The maximum atomic E-state index is 12.7. The molecule has 1 amide bonds. The molecule has 1 unspecified atom stereocenters. The molecule has 1 saturated carbocycles. The van der Waals surface area contributed by atoms with Crippen LogP contribution in [0.4, 0.5) is 18.9 Å². The lowest BCUT2D eigenvalue weighted by molar-refractivity contribution is -0.137. The molecule has 3 nitrogen and oxygen atoms in total. The zero-order valence-electron chi connectivity index (χ0n) is 10.7. The summed E-state index contributed by atoms with van der Waals surface area (Å²) in [5, 5.41) is 2.31. The Morgan fingerprint density at radius 2 is 1.95 bits per heavy atom. The van der Waals surface area contributed by atoms with Crippen LogP contribution in [0.5, 0.6) is 0 Å². The number of amides is 1. The number of nitrogens with one attached hydrogen (secondary N) is 1. The Kier molecular flexibility index (Phi) is 3.73. The second-order valence-corrected chi connectivity index (χ2v) is 5.67. The minimum absolute atomic E-state index is 0.00727. The van der Waals surface area contributed by atoms with Crippen molar-refractivity contribution in [1.29, 1.82) is 0 Å². The van der Waals surface area contributed by atoms with Crippen LogP contribution in [0, 0.1) is 5.92 Å². The number of carbonyl (C=O) groups excluding carboxylic acids is 1. The first-order valence-electron chi connectivity index (χ1n) is 6.09. The van der Waals surface area contributed by atoms with Crippen molar-refractivity contribution in [1.82, 2.24) is 0 Å². The van der Waals surface area contributed by atoms with Crippen LogP contribution in [-0.2, 0) is 11.0 Å². The van der Waals surface area contributed by atoms with Gasteiger partial charge in [-0.1, -0.05) is 11.6 Å². The number of hydrogen-bond donors (Lipinski definition) is 2. The van der Waals surface area contributed by atoms with Crippen LogP contribution in [0.3, 0.4) is 0 Å². The molecule has 0 heterocycles. The van der Waals surface area contributed by atoms with E-state index in [2.05, 4.69) is 5.32 Å². The summed E-state index contributed by atoms with van der Waals surface area (Å²) in [4.78, 5) is 12.0. The first-order chi connectivity index (χ1) is 9.10. The summed E-state index contributed by atoms with van der Waals surface area (Å²) in [6.07, 6.45) is -2.82. The Morgan fingerprint density at radius 1 is 1.35 bits per heavy atom. The number of carbonyl (C=O) groups is 1. The van der Waals surface area contributed by atoms with Gasteiger partial charge in [-0.15, -0.1) is 0 Å². The Morgan fingerprint density at radius 3 is 2.45 bits per heavy atom. The van der Waals surface area contributed by atoms with Crippen LogP contribution in [0.1, 0.15) is 25.3 Å². The lowest BCUT2D eigenvalue weighted by Gasteiger charge is -2.23. The van der Waals surface area contributed by atoms with Gasteiger partial charge in [0, 0.05) is 10.7 Å². The smallest absolute Gasteiger partial charge is 0.324 e. The maximum absolute atomic E-state index is 12.7. The van der Waals surface area contributed by atoms with E-state index in [9.17, 15) is 18.0 Å². The van der Waals surface area contributed by atoms with E-state index in [-0.39, 0.29) is 16.6 Å². The molecule has 1 atom stereocenters. The van der Waals surface area contributed by atoms with E-state index in [4.69, 9.17) is 17.3 Å². The van der Waals surface area contributed by atoms with E-state index >= 15 is 0 Å². The van der Waals surface area contributed by atoms with E-state index in [0.717, 1.165) is 25.0 Å². The topological polar surface area (TPSA) is 55.1 Å². The van der Waals surface area contributed by atoms with Crippen molar-refractivity contribution in [3.63, 3.8) is 0 Å². The zero-order valence-corrected chi connectivity index (χ0v) is 11.5. The van der Waals surface area contributed by atoms with E-state index in [0.29, 0.717) is 0 Å². The minimum atomic E-state index is -4.52. The van der Waals surface area contributed by atoms with Crippen molar-refractivity contribution in [2.24, 2.45) is 11.7 Å². The van der Waals surface area contributed by atoms with Crippen LogP contribution < -0.4 is 11.1 Å². The molecule has 1 aromatic rings. The van der Waals surface area contributed by atoms with Gasteiger partial charge in [0.15, 0.2) is 0 Å². The van der Waals surface area contributed by atoms with Crippen LogP contribution in [0.25, 0.3) is 0 Å². The van der Waals surface area contributed by atoms with Gasteiger partial charge in [0.2, 0.25) is 5.91 Å². The molecule has 110 valence electrons. The predicted octanol–water partition coefficient (Wildman–Crippen LogP) is 3.42. The maximum Gasteiger partial charge on any atom is 0.416 e. The number of rotatable bonds is 3. The summed E-state index contributed by atoms with van der Waals surface area (Å²) in [5.74, 6) is -0.431. The highest BCUT2D eigenvalue weighted by Crippen LogP contribution is 2.39. The molecule has 20 heavy (non-hydrogen) atoms. The highest BCUT2D eigenvalue weighted by molar-refractivity contribution is 6.31. The number of nitrogens with two attached hydrogens (primary N) is 1. The highest BCUT2D eigenvalue weighted by atomic mass is 35.5. The minimum Gasteiger partial charge on any atom is -0.324 e. The fourth-order valence-corrected chi connectivity index (χ4v) is 2.19. The molecule has 3 N–H and O–H groups in total. The molecule has 1 aliphatic rings. The molecule has 0 aromatic heterocycles. The summed E-state index contributed by atoms with van der Waals surface area (Å²) >= 11 is 5.65. The number of anilines is 1. The Balaban J connectivity index is 2.21. The SMILES string of the molecule is CC(N)(C(=O)Nc1cc(Cl)cc(C(F)(F)F)c1)C1CC1. The first-order valence-corrected chi connectivity index (χ1v) is 6.46. The monoisotopic (exact) mass is 306 g/mol. The molecular weight excluding hydrogens is 293 g/mol. The van der Waals surface area contributed by atoms with Gasteiger partial charge in [0.1, 0.15) is 0 Å².